The third kappa shape index (κ3) is 4.41. The lowest BCUT2D eigenvalue weighted by Crippen LogP contribution is -2.32. The Labute approximate surface area is 171 Å². The monoisotopic (exact) mass is 407 g/mol. The molecule has 0 aliphatic heterocycles. The van der Waals surface area contributed by atoms with Gasteiger partial charge in [-0.3, -0.25) is 14.7 Å². The van der Waals surface area contributed by atoms with E-state index in [4.69, 9.17) is 4.74 Å². The Balaban J connectivity index is 1.67. The summed E-state index contributed by atoms with van der Waals surface area (Å²) >= 11 is 1.44. The molecule has 0 saturated carbocycles. The number of nitrogens with zero attached hydrogens (tertiary/aromatic N) is 3. The number of methoxy groups -OCH3 is 1. The van der Waals surface area contributed by atoms with Crippen LogP contribution in [0, 0.1) is 5.82 Å². The van der Waals surface area contributed by atoms with Crippen molar-refractivity contribution >= 4 is 32.6 Å². The molecule has 5 nitrogen and oxygen atoms in total. The Morgan fingerprint density at radius 1 is 1.14 bits per heavy atom. The molecule has 1 amide bonds. The summed E-state index contributed by atoms with van der Waals surface area (Å²) in [4.78, 5) is 23.8. The fraction of sp³-hybridized carbons (Fsp3) is 0.136. The third-order valence-electron chi connectivity index (χ3n) is 4.43. The van der Waals surface area contributed by atoms with Gasteiger partial charge in [-0.2, -0.15) is 0 Å². The first-order chi connectivity index (χ1) is 14.1. The van der Waals surface area contributed by atoms with E-state index < -0.39 is 0 Å². The lowest BCUT2D eigenvalue weighted by Gasteiger charge is -2.19. The van der Waals surface area contributed by atoms with Crippen LogP contribution in [0.25, 0.3) is 10.2 Å². The van der Waals surface area contributed by atoms with E-state index in [2.05, 4.69) is 9.97 Å². The average molecular weight is 407 g/mol. The molecule has 0 unspecified atom stereocenters. The van der Waals surface area contributed by atoms with Crippen molar-refractivity contribution in [2.45, 2.75) is 13.0 Å². The van der Waals surface area contributed by atoms with Crippen molar-refractivity contribution in [3.8, 4) is 5.75 Å². The Hall–Kier alpha value is -3.32. The number of amides is 1. The number of carbonyl (C=O) groups excluding carboxylic acids is 1. The molecule has 7 heteroatoms. The number of aromatic nitrogens is 2. The Morgan fingerprint density at radius 3 is 2.69 bits per heavy atom. The Bertz CT molecular complexity index is 1130. The topological polar surface area (TPSA) is 55.3 Å². The molecule has 2 aromatic carbocycles. The number of halogens is 1. The summed E-state index contributed by atoms with van der Waals surface area (Å²) in [5.41, 5.74) is 2.27. The third-order valence-corrected chi connectivity index (χ3v) is 5.49. The van der Waals surface area contributed by atoms with Crippen LogP contribution in [0.4, 0.5) is 9.52 Å². The second kappa shape index (κ2) is 8.36. The highest BCUT2D eigenvalue weighted by atomic mass is 32.1. The highest BCUT2D eigenvalue weighted by Crippen LogP contribution is 2.32. The quantitative estimate of drug-likeness (QED) is 0.468. The van der Waals surface area contributed by atoms with Crippen LogP contribution in [0.3, 0.4) is 0 Å². The molecule has 2 aromatic heterocycles. The average Bonchev–Trinajstić information content (AvgIpc) is 3.17. The molecule has 0 radical (unpaired) electrons. The molecular formula is C22H18FN3O2S. The largest absolute Gasteiger partial charge is 0.497 e. The first-order valence-electron chi connectivity index (χ1n) is 9.01. The number of carbonyl (C=O) groups is 1. The number of rotatable bonds is 6. The summed E-state index contributed by atoms with van der Waals surface area (Å²) in [6, 6.07) is 17.2. The van der Waals surface area contributed by atoms with Crippen molar-refractivity contribution < 1.29 is 13.9 Å². The van der Waals surface area contributed by atoms with Crippen LogP contribution in [-0.4, -0.2) is 23.0 Å². The van der Waals surface area contributed by atoms with Gasteiger partial charge in [-0.1, -0.05) is 29.5 Å². The van der Waals surface area contributed by atoms with Crippen molar-refractivity contribution in [2.75, 3.05) is 12.0 Å². The molecule has 0 N–H and O–H groups in total. The summed E-state index contributed by atoms with van der Waals surface area (Å²) in [6.45, 7) is 0.303. The van der Waals surface area contributed by atoms with Crippen LogP contribution >= 0.6 is 11.3 Å². The van der Waals surface area contributed by atoms with Crippen LogP contribution < -0.4 is 9.64 Å². The van der Waals surface area contributed by atoms with Gasteiger partial charge in [-0.05, 0) is 42.0 Å². The molecule has 4 rings (SSSR count). The number of thiazole rings is 1. The molecule has 0 saturated heterocycles. The molecule has 0 atom stereocenters. The van der Waals surface area contributed by atoms with E-state index in [9.17, 15) is 9.18 Å². The molecule has 4 aromatic rings. The molecule has 0 bridgehead atoms. The van der Waals surface area contributed by atoms with Crippen LogP contribution in [0.2, 0.25) is 0 Å². The maximum Gasteiger partial charge on any atom is 0.233 e. The van der Waals surface area contributed by atoms with Crippen molar-refractivity contribution in [2.24, 2.45) is 0 Å². The van der Waals surface area contributed by atoms with Crippen LogP contribution in [0.15, 0.2) is 66.9 Å². The fourth-order valence-electron chi connectivity index (χ4n) is 2.93. The van der Waals surface area contributed by atoms with Crippen LogP contribution in [0.5, 0.6) is 5.75 Å². The summed E-state index contributed by atoms with van der Waals surface area (Å²) in [5.74, 6) is 0.253. The van der Waals surface area contributed by atoms with Gasteiger partial charge in [0.2, 0.25) is 5.91 Å². The smallest absolute Gasteiger partial charge is 0.233 e. The molecule has 0 spiro atoms. The van der Waals surface area contributed by atoms with Gasteiger partial charge in [0.05, 0.1) is 36.0 Å². The first kappa shape index (κ1) is 19.0. The van der Waals surface area contributed by atoms with E-state index in [-0.39, 0.29) is 18.1 Å². The molecule has 2 heterocycles. The minimum atomic E-state index is -0.327. The molecule has 0 aliphatic carbocycles. The minimum absolute atomic E-state index is 0.131. The Kier molecular flexibility index (Phi) is 5.48. The van der Waals surface area contributed by atoms with Gasteiger partial charge in [0.25, 0.3) is 0 Å². The van der Waals surface area contributed by atoms with Gasteiger partial charge in [0, 0.05) is 12.3 Å². The van der Waals surface area contributed by atoms with Crippen molar-refractivity contribution in [1.29, 1.82) is 0 Å². The number of anilines is 1. The van der Waals surface area contributed by atoms with E-state index in [0.29, 0.717) is 17.4 Å². The number of ether oxygens (including phenoxy) is 1. The van der Waals surface area contributed by atoms with Crippen LogP contribution in [0.1, 0.15) is 11.3 Å². The second-order valence-electron chi connectivity index (χ2n) is 6.43. The van der Waals surface area contributed by atoms with Crippen molar-refractivity contribution in [3.63, 3.8) is 0 Å². The maximum absolute atomic E-state index is 13.2. The lowest BCUT2D eigenvalue weighted by atomic mass is 10.1. The number of hydrogen-bond acceptors (Lipinski definition) is 5. The highest BCUT2D eigenvalue weighted by molar-refractivity contribution is 7.22. The highest BCUT2D eigenvalue weighted by Gasteiger charge is 2.21. The van der Waals surface area contributed by atoms with Gasteiger partial charge in [-0.25, -0.2) is 9.37 Å². The fourth-order valence-corrected chi connectivity index (χ4v) is 3.89. The maximum atomic E-state index is 13.2. The summed E-state index contributed by atoms with van der Waals surface area (Å²) < 4.78 is 19.4. The summed E-state index contributed by atoms with van der Waals surface area (Å²) in [5, 5.41) is 0.589. The zero-order valence-electron chi connectivity index (χ0n) is 15.7. The molecule has 0 fully saturated rings. The van der Waals surface area contributed by atoms with Crippen molar-refractivity contribution in [3.05, 3.63) is 83.9 Å². The minimum Gasteiger partial charge on any atom is -0.497 e. The number of benzene rings is 2. The van der Waals surface area contributed by atoms with E-state index in [1.807, 2.05) is 36.4 Å². The molecular weight excluding hydrogens is 389 g/mol. The first-order valence-corrected chi connectivity index (χ1v) is 9.83. The van der Waals surface area contributed by atoms with E-state index in [0.717, 1.165) is 21.5 Å². The van der Waals surface area contributed by atoms with Crippen LogP contribution in [-0.2, 0) is 17.8 Å². The predicted molar refractivity (Wildman–Crippen MR) is 112 cm³/mol. The van der Waals surface area contributed by atoms with Gasteiger partial charge in [0.15, 0.2) is 5.13 Å². The summed E-state index contributed by atoms with van der Waals surface area (Å²) in [7, 11) is 1.61. The van der Waals surface area contributed by atoms with E-state index in [1.54, 1.807) is 30.3 Å². The standard InChI is InChI=1S/C22H18FN3O2S/c1-28-18-9-10-20-19(13-18)25-22(29-20)26(14-17-4-2-3-11-24-17)21(27)12-15-5-7-16(23)8-6-15/h2-11,13H,12,14H2,1H3. The lowest BCUT2D eigenvalue weighted by molar-refractivity contribution is -0.118. The van der Waals surface area contributed by atoms with Crippen molar-refractivity contribution in [1.82, 2.24) is 9.97 Å². The predicted octanol–water partition coefficient (Wildman–Crippen LogP) is 4.61. The Morgan fingerprint density at radius 2 is 1.97 bits per heavy atom. The zero-order chi connectivity index (χ0) is 20.2. The molecule has 146 valence electrons. The van der Waals surface area contributed by atoms with Gasteiger partial charge < -0.3 is 4.74 Å². The van der Waals surface area contributed by atoms with Gasteiger partial charge in [0.1, 0.15) is 11.6 Å². The number of fused-ring (bicyclic) bond motifs is 1. The SMILES string of the molecule is COc1ccc2sc(N(Cc3ccccn3)C(=O)Cc3ccc(F)cc3)nc2c1. The van der Waals surface area contributed by atoms with E-state index >= 15 is 0 Å². The van der Waals surface area contributed by atoms with E-state index in [1.165, 1.54) is 23.5 Å². The normalized spacial score (nSPS) is 10.8. The van der Waals surface area contributed by atoms with Gasteiger partial charge in [-0.15, -0.1) is 0 Å². The van der Waals surface area contributed by atoms with Gasteiger partial charge >= 0.3 is 0 Å². The zero-order valence-corrected chi connectivity index (χ0v) is 16.5. The second-order valence-corrected chi connectivity index (χ2v) is 7.44. The molecule has 29 heavy (non-hydrogen) atoms. The summed E-state index contributed by atoms with van der Waals surface area (Å²) in [6.07, 6.45) is 1.84. The number of pyridine rings is 1. The number of hydrogen-bond donors (Lipinski definition) is 0. The molecule has 0 aliphatic rings.